The van der Waals surface area contributed by atoms with Crippen LogP contribution in [0.25, 0.3) is 0 Å². The Balaban J connectivity index is 1.66. The summed E-state index contributed by atoms with van der Waals surface area (Å²) in [6.07, 6.45) is 3.70. The fraction of sp³-hybridized carbons (Fsp3) is 0.385. The summed E-state index contributed by atoms with van der Waals surface area (Å²) < 4.78 is 0. The smallest absolute Gasteiger partial charge is 0.185 e. The van der Waals surface area contributed by atoms with Gasteiger partial charge in [-0.15, -0.1) is 11.3 Å². The highest BCUT2D eigenvalue weighted by Gasteiger charge is 2.19. The minimum Gasteiger partial charge on any atom is -0.353 e. The van der Waals surface area contributed by atoms with Crippen molar-refractivity contribution in [3.63, 3.8) is 0 Å². The first-order valence-electron chi connectivity index (χ1n) is 6.41. The van der Waals surface area contributed by atoms with E-state index in [1.54, 1.807) is 11.3 Å². The fourth-order valence-electron chi connectivity index (χ4n) is 2.26. The Morgan fingerprint density at radius 1 is 1.11 bits per heavy atom. The third-order valence-corrected chi connectivity index (χ3v) is 4.17. The van der Waals surface area contributed by atoms with Crippen molar-refractivity contribution in [2.24, 2.45) is 5.73 Å². The molecule has 1 aliphatic rings. The van der Waals surface area contributed by atoms with Crippen LogP contribution < -0.4 is 15.5 Å². The predicted octanol–water partition coefficient (Wildman–Crippen LogP) is 1.32. The molecule has 0 aromatic carbocycles. The van der Waals surface area contributed by atoms with Crippen molar-refractivity contribution >= 4 is 22.3 Å². The highest BCUT2D eigenvalue weighted by Crippen LogP contribution is 2.21. The lowest BCUT2D eigenvalue weighted by molar-refractivity contribution is 0.645. The molecule has 3 heterocycles. The Morgan fingerprint density at radius 2 is 1.89 bits per heavy atom. The average molecular weight is 275 g/mol. The molecule has 6 heteroatoms. The Hall–Kier alpha value is -1.66. The summed E-state index contributed by atoms with van der Waals surface area (Å²) in [5.74, 6) is 1.03. The standard InChI is InChI=1S/C13H17N5S/c14-10-11-1-2-15-12(9-11)17-4-6-18(7-5-17)13-16-3-8-19-13/h1-3,8-9H,4-7,10,14H2. The lowest BCUT2D eigenvalue weighted by Crippen LogP contribution is -2.46. The van der Waals surface area contributed by atoms with E-state index in [0.29, 0.717) is 6.54 Å². The van der Waals surface area contributed by atoms with Crippen molar-refractivity contribution < 1.29 is 0 Å². The number of nitrogens with zero attached hydrogens (tertiary/aromatic N) is 4. The molecule has 0 spiro atoms. The van der Waals surface area contributed by atoms with E-state index in [1.165, 1.54) is 0 Å². The van der Waals surface area contributed by atoms with Gasteiger partial charge in [0.25, 0.3) is 0 Å². The monoisotopic (exact) mass is 275 g/mol. The summed E-state index contributed by atoms with van der Waals surface area (Å²) in [6.45, 7) is 4.49. The Kier molecular flexibility index (Phi) is 3.61. The molecule has 2 aromatic rings. The molecule has 0 saturated carbocycles. The molecular formula is C13H17N5S. The van der Waals surface area contributed by atoms with Crippen molar-refractivity contribution in [3.8, 4) is 0 Å². The highest BCUT2D eigenvalue weighted by molar-refractivity contribution is 7.13. The molecule has 1 aliphatic heterocycles. The van der Waals surface area contributed by atoms with Gasteiger partial charge in [0.15, 0.2) is 5.13 Å². The average Bonchev–Trinajstić information content (AvgIpc) is 3.02. The zero-order chi connectivity index (χ0) is 13.1. The number of rotatable bonds is 3. The van der Waals surface area contributed by atoms with Crippen LogP contribution in [0.2, 0.25) is 0 Å². The van der Waals surface area contributed by atoms with E-state index < -0.39 is 0 Å². The van der Waals surface area contributed by atoms with Gasteiger partial charge in [0, 0.05) is 50.5 Å². The normalized spacial score (nSPS) is 15.8. The van der Waals surface area contributed by atoms with Gasteiger partial charge in [0.2, 0.25) is 0 Å². The van der Waals surface area contributed by atoms with Gasteiger partial charge in [-0.3, -0.25) is 0 Å². The second kappa shape index (κ2) is 5.54. The Bertz CT molecular complexity index is 520. The van der Waals surface area contributed by atoms with Gasteiger partial charge in [0.1, 0.15) is 5.82 Å². The third kappa shape index (κ3) is 2.69. The largest absolute Gasteiger partial charge is 0.353 e. The van der Waals surface area contributed by atoms with Gasteiger partial charge in [-0.2, -0.15) is 0 Å². The second-order valence-electron chi connectivity index (χ2n) is 4.52. The first kappa shape index (κ1) is 12.4. The van der Waals surface area contributed by atoms with Gasteiger partial charge in [-0.25, -0.2) is 9.97 Å². The first-order chi connectivity index (χ1) is 9.36. The van der Waals surface area contributed by atoms with Crippen molar-refractivity contribution in [3.05, 3.63) is 35.5 Å². The Morgan fingerprint density at radius 3 is 2.58 bits per heavy atom. The quantitative estimate of drug-likeness (QED) is 0.915. The van der Waals surface area contributed by atoms with E-state index >= 15 is 0 Å². The highest BCUT2D eigenvalue weighted by atomic mass is 32.1. The molecule has 2 N–H and O–H groups in total. The minimum absolute atomic E-state index is 0.564. The zero-order valence-electron chi connectivity index (χ0n) is 10.7. The van der Waals surface area contributed by atoms with Gasteiger partial charge in [0.05, 0.1) is 0 Å². The first-order valence-corrected chi connectivity index (χ1v) is 7.29. The maximum atomic E-state index is 5.67. The maximum Gasteiger partial charge on any atom is 0.185 e. The topological polar surface area (TPSA) is 58.3 Å². The predicted molar refractivity (Wildman–Crippen MR) is 78.7 cm³/mol. The molecule has 2 aromatic heterocycles. The fourth-order valence-corrected chi connectivity index (χ4v) is 2.96. The second-order valence-corrected chi connectivity index (χ2v) is 5.39. The van der Waals surface area contributed by atoms with Crippen LogP contribution in [-0.2, 0) is 6.54 Å². The molecule has 19 heavy (non-hydrogen) atoms. The van der Waals surface area contributed by atoms with Gasteiger partial charge < -0.3 is 15.5 Å². The summed E-state index contributed by atoms with van der Waals surface area (Å²) in [6, 6.07) is 4.05. The SMILES string of the molecule is NCc1ccnc(N2CCN(c3nccs3)CC2)c1. The lowest BCUT2D eigenvalue weighted by Gasteiger charge is -2.35. The molecule has 0 aliphatic carbocycles. The van der Waals surface area contributed by atoms with Crippen LogP contribution >= 0.6 is 11.3 Å². The van der Waals surface area contributed by atoms with Crippen molar-refractivity contribution in [1.29, 1.82) is 0 Å². The minimum atomic E-state index is 0.564. The number of nitrogens with two attached hydrogens (primary N) is 1. The van der Waals surface area contributed by atoms with E-state index in [2.05, 4.69) is 25.8 Å². The van der Waals surface area contributed by atoms with Crippen LogP contribution in [0.5, 0.6) is 0 Å². The van der Waals surface area contributed by atoms with E-state index in [4.69, 9.17) is 5.73 Å². The number of hydrogen-bond donors (Lipinski definition) is 1. The van der Waals surface area contributed by atoms with Gasteiger partial charge in [-0.1, -0.05) is 0 Å². The van der Waals surface area contributed by atoms with Gasteiger partial charge in [-0.05, 0) is 17.7 Å². The number of pyridine rings is 1. The third-order valence-electron chi connectivity index (χ3n) is 3.34. The lowest BCUT2D eigenvalue weighted by atomic mass is 10.2. The molecule has 0 bridgehead atoms. The van der Waals surface area contributed by atoms with Crippen molar-refractivity contribution in [1.82, 2.24) is 9.97 Å². The molecule has 1 saturated heterocycles. The molecule has 100 valence electrons. The molecule has 5 nitrogen and oxygen atoms in total. The summed E-state index contributed by atoms with van der Waals surface area (Å²) in [5, 5.41) is 3.14. The summed E-state index contributed by atoms with van der Waals surface area (Å²) in [5.41, 5.74) is 6.80. The van der Waals surface area contributed by atoms with Gasteiger partial charge >= 0.3 is 0 Å². The molecular weight excluding hydrogens is 258 g/mol. The number of aromatic nitrogens is 2. The summed E-state index contributed by atoms with van der Waals surface area (Å²) in [4.78, 5) is 13.4. The summed E-state index contributed by atoms with van der Waals surface area (Å²) in [7, 11) is 0. The van der Waals surface area contributed by atoms with E-state index in [9.17, 15) is 0 Å². The molecule has 3 rings (SSSR count). The molecule has 0 atom stereocenters. The van der Waals surface area contributed by atoms with Crippen LogP contribution in [0.3, 0.4) is 0 Å². The van der Waals surface area contributed by atoms with Crippen molar-refractivity contribution in [2.75, 3.05) is 36.0 Å². The molecule has 1 fully saturated rings. The van der Waals surface area contributed by atoms with Crippen molar-refractivity contribution in [2.45, 2.75) is 6.54 Å². The number of piperazine rings is 1. The molecule has 0 unspecified atom stereocenters. The van der Waals surface area contributed by atoms with Crippen LogP contribution in [0, 0.1) is 0 Å². The number of hydrogen-bond acceptors (Lipinski definition) is 6. The number of anilines is 2. The van der Waals surface area contributed by atoms with Crippen LogP contribution in [0.4, 0.5) is 10.9 Å². The molecule has 0 radical (unpaired) electrons. The zero-order valence-corrected chi connectivity index (χ0v) is 11.5. The van der Waals surface area contributed by atoms with E-state index in [-0.39, 0.29) is 0 Å². The number of thiazole rings is 1. The summed E-state index contributed by atoms with van der Waals surface area (Å²) >= 11 is 1.70. The van der Waals surface area contributed by atoms with Crippen LogP contribution in [-0.4, -0.2) is 36.1 Å². The van der Waals surface area contributed by atoms with Crippen LogP contribution in [0.1, 0.15) is 5.56 Å². The van der Waals surface area contributed by atoms with E-state index in [0.717, 1.165) is 42.7 Å². The molecule has 0 amide bonds. The van der Waals surface area contributed by atoms with Crippen LogP contribution in [0.15, 0.2) is 29.9 Å². The maximum absolute atomic E-state index is 5.67. The van der Waals surface area contributed by atoms with E-state index in [1.807, 2.05) is 23.8 Å². The Labute approximate surface area is 116 Å².